The highest BCUT2D eigenvalue weighted by molar-refractivity contribution is 5.85. The molecule has 3 N–H and O–H groups in total. The molecule has 1 saturated heterocycles. The van der Waals surface area contributed by atoms with Gasteiger partial charge in [0.25, 0.3) is 0 Å². The Morgan fingerprint density at radius 2 is 1.50 bits per heavy atom. The number of carbonyl (C=O) groups excluding carboxylic acids is 1. The minimum Gasteiger partial charge on any atom is -0.412 e. The number of piperidine rings is 1. The van der Waals surface area contributed by atoms with Crippen LogP contribution in [0.25, 0.3) is 0 Å². The second-order valence-corrected chi connectivity index (χ2v) is 1.79. The van der Waals surface area contributed by atoms with Gasteiger partial charge in [-0.15, -0.1) is 24.8 Å². The van der Waals surface area contributed by atoms with Crippen LogP contribution >= 0.6 is 24.8 Å². The monoisotopic (exact) mass is 189 g/mol. The van der Waals surface area contributed by atoms with Crippen LogP contribution in [-0.4, -0.2) is 24.3 Å². The molecule has 0 unspecified atom stereocenters. The molecular weight excluding hydrogens is 177 g/mol. The number of Topliss-reactive ketones (excluding diaryl/α,β-unsaturated/α-hetero) is 1. The molecule has 5 heteroatoms. The fraction of sp³-hybridized carbons (Fsp3) is 0.800. The predicted molar refractivity (Wildman–Crippen MR) is 45.2 cm³/mol. The number of carbonyl (C=O) groups is 1. The van der Waals surface area contributed by atoms with Crippen molar-refractivity contribution in [1.82, 2.24) is 5.32 Å². The molecular formula is C5H13Cl2NO2. The van der Waals surface area contributed by atoms with Gasteiger partial charge in [0, 0.05) is 25.9 Å². The van der Waals surface area contributed by atoms with Crippen molar-refractivity contribution < 1.29 is 10.3 Å². The van der Waals surface area contributed by atoms with Crippen LogP contribution in [0.3, 0.4) is 0 Å². The van der Waals surface area contributed by atoms with Crippen molar-refractivity contribution in [3.05, 3.63) is 0 Å². The molecule has 0 radical (unpaired) electrons. The van der Waals surface area contributed by atoms with Crippen molar-refractivity contribution in [2.45, 2.75) is 12.8 Å². The van der Waals surface area contributed by atoms with E-state index in [2.05, 4.69) is 5.32 Å². The Hall–Kier alpha value is 0.170. The Morgan fingerprint density at radius 1 is 1.10 bits per heavy atom. The Kier molecular flexibility index (Phi) is 15.3. The minimum atomic E-state index is 0. The van der Waals surface area contributed by atoms with E-state index in [0.717, 1.165) is 25.9 Å². The van der Waals surface area contributed by atoms with Crippen molar-refractivity contribution in [1.29, 1.82) is 0 Å². The third-order valence-electron chi connectivity index (χ3n) is 1.16. The molecule has 64 valence electrons. The quantitative estimate of drug-likeness (QED) is 0.582. The molecule has 10 heavy (non-hydrogen) atoms. The minimum absolute atomic E-state index is 0. The van der Waals surface area contributed by atoms with E-state index in [1.807, 2.05) is 0 Å². The molecule has 0 bridgehead atoms. The Bertz CT molecular complexity index is 81.7. The third kappa shape index (κ3) is 6.29. The summed E-state index contributed by atoms with van der Waals surface area (Å²) in [6, 6.07) is 0. The zero-order chi connectivity index (χ0) is 5.11. The highest BCUT2D eigenvalue weighted by Gasteiger charge is 2.04. The van der Waals surface area contributed by atoms with Gasteiger partial charge in [0.2, 0.25) is 0 Å². The maximum atomic E-state index is 10.4. The maximum Gasteiger partial charge on any atom is 0.135 e. The van der Waals surface area contributed by atoms with Crippen LogP contribution in [0.5, 0.6) is 0 Å². The first-order valence-corrected chi connectivity index (χ1v) is 2.62. The highest BCUT2D eigenvalue weighted by Crippen LogP contribution is 1.91. The Morgan fingerprint density at radius 3 is 1.70 bits per heavy atom. The van der Waals surface area contributed by atoms with Crippen LogP contribution in [-0.2, 0) is 4.79 Å². The first kappa shape index (κ1) is 16.6. The van der Waals surface area contributed by atoms with Gasteiger partial charge < -0.3 is 10.8 Å². The van der Waals surface area contributed by atoms with E-state index in [0.29, 0.717) is 5.78 Å². The summed E-state index contributed by atoms with van der Waals surface area (Å²) in [6.07, 6.45) is 1.47. The van der Waals surface area contributed by atoms with E-state index in [1.165, 1.54) is 0 Å². The molecule has 0 aromatic heterocycles. The molecule has 3 nitrogen and oxygen atoms in total. The fourth-order valence-electron chi connectivity index (χ4n) is 0.706. The predicted octanol–water partition coefficient (Wildman–Crippen LogP) is -0.0422. The van der Waals surface area contributed by atoms with Gasteiger partial charge in [0.1, 0.15) is 5.78 Å². The summed E-state index contributed by atoms with van der Waals surface area (Å²) in [7, 11) is 0. The van der Waals surface area contributed by atoms with E-state index in [1.54, 1.807) is 0 Å². The van der Waals surface area contributed by atoms with Crippen LogP contribution in [0.1, 0.15) is 12.8 Å². The molecule has 1 aliphatic heterocycles. The molecule has 0 aliphatic carbocycles. The van der Waals surface area contributed by atoms with Crippen molar-refractivity contribution in [2.75, 3.05) is 13.1 Å². The summed E-state index contributed by atoms with van der Waals surface area (Å²) >= 11 is 0. The van der Waals surface area contributed by atoms with Crippen LogP contribution in [0, 0.1) is 0 Å². The van der Waals surface area contributed by atoms with Gasteiger partial charge in [-0.3, -0.25) is 4.79 Å². The zero-order valence-electron chi connectivity index (χ0n) is 5.55. The molecule has 1 heterocycles. The van der Waals surface area contributed by atoms with Gasteiger partial charge in [-0.2, -0.15) is 0 Å². The summed E-state index contributed by atoms with van der Waals surface area (Å²) in [6.45, 7) is 1.78. The lowest BCUT2D eigenvalue weighted by molar-refractivity contribution is -0.119. The number of rotatable bonds is 0. The highest BCUT2D eigenvalue weighted by atomic mass is 35.5. The lowest BCUT2D eigenvalue weighted by atomic mass is 10.1. The molecule has 0 spiro atoms. The lowest BCUT2D eigenvalue weighted by Crippen LogP contribution is -2.27. The van der Waals surface area contributed by atoms with Gasteiger partial charge in [-0.25, -0.2) is 0 Å². The van der Waals surface area contributed by atoms with Crippen molar-refractivity contribution in [3.8, 4) is 0 Å². The number of hydrogen-bond acceptors (Lipinski definition) is 2. The van der Waals surface area contributed by atoms with Crippen LogP contribution in [0.4, 0.5) is 0 Å². The average molecular weight is 190 g/mol. The number of ketones is 1. The van der Waals surface area contributed by atoms with Crippen molar-refractivity contribution >= 4 is 30.6 Å². The summed E-state index contributed by atoms with van der Waals surface area (Å²) < 4.78 is 0. The maximum absolute atomic E-state index is 10.4. The molecule has 0 aromatic carbocycles. The second kappa shape index (κ2) is 9.17. The second-order valence-electron chi connectivity index (χ2n) is 1.79. The number of hydrogen-bond donors (Lipinski definition) is 1. The van der Waals surface area contributed by atoms with Gasteiger partial charge in [-0.05, 0) is 0 Å². The molecule has 0 aromatic rings. The SMILES string of the molecule is Cl.Cl.O.O=C1CCNCC1. The van der Waals surface area contributed by atoms with Gasteiger partial charge in [-0.1, -0.05) is 0 Å². The van der Waals surface area contributed by atoms with Crippen LogP contribution in [0.15, 0.2) is 0 Å². The van der Waals surface area contributed by atoms with Crippen molar-refractivity contribution in [2.24, 2.45) is 0 Å². The standard InChI is InChI=1S/C5H9NO.2ClH.H2O/c7-5-1-3-6-4-2-5;;;/h6H,1-4H2;2*1H;1H2. The smallest absolute Gasteiger partial charge is 0.135 e. The first-order chi connectivity index (χ1) is 3.39. The molecule has 0 saturated carbocycles. The summed E-state index contributed by atoms with van der Waals surface area (Å²) in [4.78, 5) is 10.4. The first-order valence-electron chi connectivity index (χ1n) is 2.62. The van der Waals surface area contributed by atoms with Crippen LogP contribution in [0.2, 0.25) is 0 Å². The van der Waals surface area contributed by atoms with E-state index in [9.17, 15) is 4.79 Å². The zero-order valence-corrected chi connectivity index (χ0v) is 7.19. The third-order valence-corrected chi connectivity index (χ3v) is 1.16. The molecule has 1 fully saturated rings. The summed E-state index contributed by atoms with van der Waals surface area (Å²) in [5.41, 5.74) is 0. The summed E-state index contributed by atoms with van der Waals surface area (Å²) in [5.74, 6) is 0.402. The molecule has 1 rings (SSSR count). The molecule has 1 aliphatic rings. The summed E-state index contributed by atoms with van der Waals surface area (Å²) in [5, 5.41) is 3.09. The normalized spacial score (nSPS) is 15.8. The van der Waals surface area contributed by atoms with E-state index in [4.69, 9.17) is 0 Å². The number of halogens is 2. The molecule has 0 atom stereocenters. The Balaban J connectivity index is -0.000000163. The topological polar surface area (TPSA) is 60.6 Å². The van der Waals surface area contributed by atoms with Crippen LogP contribution < -0.4 is 5.32 Å². The molecule has 0 amide bonds. The average Bonchev–Trinajstić information content (AvgIpc) is 1.69. The van der Waals surface area contributed by atoms with Gasteiger partial charge >= 0.3 is 0 Å². The van der Waals surface area contributed by atoms with E-state index in [-0.39, 0.29) is 30.3 Å². The number of nitrogens with one attached hydrogen (secondary N) is 1. The van der Waals surface area contributed by atoms with Crippen molar-refractivity contribution in [3.63, 3.8) is 0 Å². The largest absolute Gasteiger partial charge is 0.412 e. The van der Waals surface area contributed by atoms with E-state index < -0.39 is 0 Å². The lowest BCUT2D eigenvalue weighted by Gasteiger charge is -2.08. The Labute approximate surface area is 72.7 Å². The van der Waals surface area contributed by atoms with Gasteiger partial charge in [0.05, 0.1) is 0 Å². The fourth-order valence-corrected chi connectivity index (χ4v) is 0.706. The van der Waals surface area contributed by atoms with E-state index >= 15 is 0 Å². The van der Waals surface area contributed by atoms with Gasteiger partial charge in [0.15, 0.2) is 0 Å².